The molecular weight excluding hydrogens is 917 g/mol. The largest absolute Gasteiger partial charge is 0.489 e. The van der Waals surface area contributed by atoms with Crippen LogP contribution in [0, 0.1) is 35.5 Å². The number of Topliss-reactive ketones (excluding diaryl/α,β-unsaturated/α-hetero) is 2. The molecular formula is C56H50N6O10. The van der Waals surface area contributed by atoms with E-state index in [1.807, 2.05) is 60.7 Å². The molecule has 0 bridgehead atoms. The SMILES string of the molecule is O=C(O)[C@@H]1[C@@H](Cn2nnc3ccccc3c2=O)CC[C@H]1C(=O)c1ccc(OCc2ccccc2)cc1.O=C(O)[C@H]1[C@H](Cn2nnc3ccccc3c2=O)CC[C@@H]1C(=O)c1ccc(OCc2ccccc2)cc1. The van der Waals surface area contributed by atoms with Gasteiger partial charge in [-0.3, -0.25) is 28.8 Å². The van der Waals surface area contributed by atoms with Crippen molar-refractivity contribution in [3.63, 3.8) is 0 Å². The summed E-state index contributed by atoms with van der Waals surface area (Å²) in [5, 5.41) is 37.0. The third kappa shape index (κ3) is 10.9. The molecule has 2 aliphatic carbocycles. The lowest BCUT2D eigenvalue weighted by atomic mass is 9.84. The molecule has 16 heteroatoms. The number of carbonyl (C=O) groups is 4. The van der Waals surface area contributed by atoms with Crippen LogP contribution in [0.15, 0.2) is 167 Å². The van der Waals surface area contributed by atoms with Crippen molar-refractivity contribution >= 4 is 45.3 Å². The summed E-state index contributed by atoms with van der Waals surface area (Å²) in [6.07, 6.45) is 1.88. The summed E-state index contributed by atoms with van der Waals surface area (Å²) < 4.78 is 14.0. The zero-order valence-electron chi connectivity index (χ0n) is 39.0. The maximum absolute atomic E-state index is 13.3. The number of hydrogen-bond acceptors (Lipinski definition) is 12. The fraction of sp³-hybridized carbons (Fsp3) is 0.250. The van der Waals surface area contributed by atoms with Crippen LogP contribution in [0.2, 0.25) is 0 Å². The van der Waals surface area contributed by atoms with E-state index in [1.165, 1.54) is 9.36 Å². The van der Waals surface area contributed by atoms with Crippen molar-refractivity contribution in [1.29, 1.82) is 0 Å². The minimum absolute atomic E-state index is 0.101. The van der Waals surface area contributed by atoms with Crippen LogP contribution in [0.25, 0.3) is 21.8 Å². The van der Waals surface area contributed by atoms with Crippen molar-refractivity contribution in [1.82, 2.24) is 30.0 Å². The third-order valence-electron chi connectivity index (χ3n) is 13.7. The van der Waals surface area contributed by atoms with Gasteiger partial charge in [0.15, 0.2) is 11.6 Å². The average molecular weight is 967 g/mol. The van der Waals surface area contributed by atoms with Gasteiger partial charge >= 0.3 is 11.9 Å². The van der Waals surface area contributed by atoms with Crippen molar-refractivity contribution in [2.45, 2.75) is 52.0 Å². The topological polar surface area (TPSA) is 223 Å². The van der Waals surface area contributed by atoms with Crippen molar-refractivity contribution in [3.05, 3.63) is 201 Å². The summed E-state index contributed by atoms with van der Waals surface area (Å²) in [7, 11) is 0. The van der Waals surface area contributed by atoms with Crippen molar-refractivity contribution < 1.29 is 38.9 Å². The molecule has 0 aliphatic heterocycles. The summed E-state index contributed by atoms with van der Waals surface area (Å²) in [6, 6.07) is 46.9. The van der Waals surface area contributed by atoms with Gasteiger partial charge in [0.05, 0.1) is 35.7 Å². The van der Waals surface area contributed by atoms with Gasteiger partial charge in [0.2, 0.25) is 0 Å². The number of nitrogens with zero attached hydrogens (tertiary/aromatic N) is 6. The Hall–Kier alpha value is -8.66. The molecule has 2 aromatic heterocycles. The number of carboxylic acids is 2. The molecule has 0 spiro atoms. The van der Waals surface area contributed by atoms with E-state index in [0.29, 0.717) is 83.3 Å². The minimum atomic E-state index is -1.04. The Bertz CT molecular complexity index is 3120. The normalized spacial score (nSPS) is 19.3. The number of benzene rings is 6. The molecule has 0 radical (unpaired) electrons. The van der Waals surface area contributed by atoms with Crippen LogP contribution in [0.5, 0.6) is 11.5 Å². The standard InChI is InChI=1S/2C28H25N3O5/c2*32-26(19-10-13-21(14-11-19)36-17-18-6-2-1-3-7-18)23-15-12-20(25(23)28(34)35)16-31-27(33)22-8-4-5-9-24(22)29-30-31/h2*1-11,13-14,20,23,25H,12,15-17H2,(H,34,35)/t2*20-,23-,25-/m10/s1. The first-order valence-electron chi connectivity index (χ1n) is 23.7. The summed E-state index contributed by atoms with van der Waals surface area (Å²) in [6.45, 7) is 1.03. The first kappa shape index (κ1) is 48.4. The molecule has 16 nitrogen and oxygen atoms in total. The van der Waals surface area contributed by atoms with Gasteiger partial charge in [0.25, 0.3) is 11.1 Å². The second-order valence-electron chi connectivity index (χ2n) is 18.1. The Labute approximate surface area is 412 Å². The monoisotopic (exact) mass is 966 g/mol. The Morgan fingerprint density at radius 2 is 0.833 bits per heavy atom. The van der Waals surface area contributed by atoms with E-state index in [0.717, 1.165) is 11.1 Å². The second kappa shape index (κ2) is 22.0. The number of ether oxygens (including phenoxy) is 2. The lowest BCUT2D eigenvalue weighted by Crippen LogP contribution is -2.34. The van der Waals surface area contributed by atoms with Gasteiger partial charge in [-0.15, -0.1) is 10.2 Å². The van der Waals surface area contributed by atoms with Crippen LogP contribution in [0.4, 0.5) is 0 Å². The lowest BCUT2D eigenvalue weighted by Gasteiger charge is -2.20. The number of fused-ring (bicyclic) bond motifs is 2. The third-order valence-corrected chi connectivity index (χ3v) is 13.7. The number of ketones is 2. The molecule has 2 aliphatic rings. The van der Waals surface area contributed by atoms with Crippen LogP contribution in [0.3, 0.4) is 0 Å². The number of carbonyl (C=O) groups excluding carboxylic acids is 2. The predicted molar refractivity (Wildman–Crippen MR) is 265 cm³/mol. The molecule has 364 valence electrons. The van der Waals surface area contributed by atoms with E-state index < -0.39 is 47.4 Å². The number of hydrogen-bond donors (Lipinski definition) is 2. The first-order chi connectivity index (χ1) is 35.0. The predicted octanol–water partition coefficient (Wildman–Crippen LogP) is 7.96. The lowest BCUT2D eigenvalue weighted by molar-refractivity contribution is -0.145. The highest BCUT2D eigenvalue weighted by molar-refractivity contribution is 6.01. The van der Waals surface area contributed by atoms with Gasteiger partial charge in [0, 0.05) is 23.0 Å². The van der Waals surface area contributed by atoms with Crippen molar-refractivity contribution in [3.8, 4) is 11.5 Å². The molecule has 0 unspecified atom stereocenters. The highest BCUT2D eigenvalue weighted by Crippen LogP contribution is 2.41. The molecule has 2 heterocycles. The van der Waals surface area contributed by atoms with Gasteiger partial charge in [-0.25, -0.2) is 9.36 Å². The fourth-order valence-corrected chi connectivity index (χ4v) is 9.98. The molecule has 2 saturated carbocycles. The van der Waals surface area contributed by atoms with E-state index in [9.17, 15) is 39.0 Å². The molecule has 72 heavy (non-hydrogen) atoms. The fourth-order valence-electron chi connectivity index (χ4n) is 9.98. The Morgan fingerprint density at radius 3 is 1.21 bits per heavy atom. The molecule has 6 atom stereocenters. The smallest absolute Gasteiger partial charge is 0.307 e. The summed E-state index contributed by atoms with van der Waals surface area (Å²) in [4.78, 5) is 76.7. The second-order valence-corrected chi connectivity index (χ2v) is 18.1. The van der Waals surface area contributed by atoms with Crippen molar-refractivity contribution in [2.24, 2.45) is 35.5 Å². The number of rotatable bonds is 16. The Morgan fingerprint density at radius 1 is 0.472 bits per heavy atom. The zero-order chi connectivity index (χ0) is 50.1. The van der Waals surface area contributed by atoms with Crippen LogP contribution in [-0.4, -0.2) is 63.7 Å². The molecule has 2 fully saturated rings. The maximum atomic E-state index is 13.3. The van der Waals surface area contributed by atoms with Gasteiger partial charge in [-0.1, -0.05) is 95.4 Å². The van der Waals surface area contributed by atoms with E-state index in [-0.39, 0.29) is 35.8 Å². The maximum Gasteiger partial charge on any atom is 0.307 e. The Kier molecular flexibility index (Phi) is 14.8. The number of aliphatic carboxylic acids is 2. The van der Waals surface area contributed by atoms with Gasteiger partial charge in [0.1, 0.15) is 35.7 Å². The van der Waals surface area contributed by atoms with Crippen LogP contribution < -0.4 is 20.6 Å². The number of aromatic nitrogens is 6. The van der Waals surface area contributed by atoms with Gasteiger partial charge < -0.3 is 19.7 Å². The molecule has 0 amide bonds. The van der Waals surface area contributed by atoms with Crippen LogP contribution in [0.1, 0.15) is 57.5 Å². The summed E-state index contributed by atoms with van der Waals surface area (Å²) >= 11 is 0. The molecule has 6 aromatic carbocycles. The highest BCUT2D eigenvalue weighted by Gasteiger charge is 2.46. The molecule has 8 aromatic rings. The molecule has 2 N–H and O–H groups in total. The summed E-state index contributed by atoms with van der Waals surface area (Å²) in [5.41, 5.74) is 3.32. The van der Waals surface area contributed by atoms with Crippen LogP contribution in [-0.2, 0) is 35.9 Å². The quantitative estimate of drug-likeness (QED) is 0.0877. The van der Waals surface area contributed by atoms with Gasteiger partial charge in [-0.05, 0) is 121 Å². The molecule has 0 saturated heterocycles. The number of carboxylic acid groups (broad SMARTS) is 2. The van der Waals surface area contributed by atoms with E-state index >= 15 is 0 Å². The van der Waals surface area contributed by atoms with Crippen molar-refractivity contribution in [2.75, 3.05) is 0 Å². The highest BCUT2D eigenvalue weighted by atomic mass is 16.5. The van der Waals surface area contributed by atoms with E-state index in [1.54, 1.807) is 97.1 Å². The zero-order valence-corrected chi connectivity index (χ0v) is 39.0. The van der Waals surface area contributed by atoms with E-state index in [4.69, 9.17) is 9.47 Å². The summed E-state index contributed by atoms with van der Waals surface area (Å²) in [5.74, 6) is -5.23. The van der Waals surface area contributed by atoms with E-state index in [2.05, 4.69) is 20.6 Å². The molecule has 10 rings (SSSR count). The minimum Gasteiger partial charge on any atom is -0.489 e. The van der Waals surface area contributed by atoms with Gasteiger partial charge in [-0.2, -0.15) is 0 Å². The Balaban J connectivity index is 0.000000178. The first-order valence-corrected chi connectivity index (χ1v) is 23.7. The average Bonchev–Trinajstić information content (AvgIpc) is 4.05. The van der Waals surface area contributed by atoms with Crippen LogP contribution >= 0.6 is 0 Å².